The number of aryl methyl sites for hydroxylation is 1. The van der Waals surface area contributed by atoms with E-state index in [4.69, 9.17) is 4.74 Å². The smallest absolute Gasteiger partial charge is 0.119 e. The lowest BCUT2D eigenvalue weighted by Crippen LogP contribution is -2.24. The van der Waals surface area contributed by atoms with Crippen molar-refractivity contribution < 1.29 is 9.84 Å². The number of benzene rings is 2. The Morgan fingerprint density at radius 1 is 1.17 bits per heavy atom. The van der Waals surface area contributed by atoms with E-state index in [1.54, 1.807) is 0 Å². The molecule has 4 nitrogen and oxygen atoms in total. The average Bonchev–Trinajstić information content (AvgIpc) is 2.92. The zero-order valence-corrected chi connectivity index (χ0v) is 14.5. The molecule has 0 bridgehead atoms. The molecule has 5 heteroatoms. The molecule has 1 N–H and O–H groups in total. The Kier molecular flexibility index (Phi) is 4.98. The number of hydrogen-bond acceptors (Lipinski definition) is 3. The molecule has 0 aliphatic carbocycles. The average molecular weight is 375 g/mol. The molecule has 3 rings (SSSR count). The molecule has 0 saturated carbocycles. The number of aliphatic hydroxyl groups excluding tert-OH is 1. The van der Waals surface area contributed by atoms with Gasteiger partial charge in [0, 0.05) is 10.9 Å². The van der Waals surface area contributed by atoms with Gasteiger partial charge >= 0.3 is 0 Å². The Balaban J connectivity index is 1.70. The first-order chi connectivity index (χ1) is 11.2. The van der Waals surface area contributed by atoms with Gasteiger partial charge in [0.2, 0.25) is 0 Å². The topological polar surface area (TPSA) is 47.3 Å². The summed E-state index contributed by atoms with van der Waals surface area (Å²) in [7, 11) is 0. The third kappa shape index (κ3) is 3.74. The van der Waals surface area contributed by atoms with Crippen molar-refractivity contribution >= 4 is 27.0 Å². The molecule has 1 aromatic heterocycles. The lowest BCUT2D eigenvalue weighted by atomic mass is 10.3. The fraction of sp³-hybridized carbons (Fsp3) is 0.278. The van der Waals surface area contributed by atoms with Crippen molar-refractivity contribution in [2.24, 2.45) is 0 Å². The fourth-order valence-electron chi connectivity index (χ4n) is 2.59. The number of imidazole rings is 1. The Bertz CT molecular complexity index is 783. The largest absolute Gasteiger partial charge is 0.491 e. The monoisotopic (exact) mass is 374 g/mol. The molecule has 0 fully saturated rings. The molecule has 23 heavy (non-hydrogen) atoms. The fourth-order valence-corrected chi connectivity index (χ4v) is 2.85. The van der Waals surface area contributed by atoms with Gasteiger partial charge in [0.05, 0.1) is 17.6 Å². The summed E-state index contributed by atoms with van der Waals surface area (Å²) in [5.41, 5.74) is 2.01. The van der Waals surface area contributed by atoms with Crippen molar-refractivity contribution in [3.63, 3.8) is 0 Å². The van der Waals surface area contributed by atoms with Crippen molar-refractivity contribution in [3.8, 4) is 5.75 Å². The molecule has 0 saturated heterocycles. The molecule has 3 aromatic rings. The summed E-state index contributed by atoms with van der Waals surface area (Å²) in [6.45, 7) is 2.79. The van der Waals surface area contributed by atoms with E-state index < -0.39 is 6.10 Å². The van der Waals surface area contributed by atoms with E-state index in [0.29, 0.717) is 6.54 Å². The van der Waals surface area contributed by atoms with Gasteiger partial charge in [-0.1, -0.05) is 35.0 Å². The van der Waals surface area contributed by atoms with Gasteiger partial charge in [0.1, 0.15) is 24.3 Å². The Hall–Kier alpha value is -1.85. The van der Waals surface area contributed by atoms with Gasteiger partial charge in [-0.05, 0) is 36.4 Å². The van der Waals surface area contributed by atoms with Gasteiger partial charge in [-0.15, -0.1) is 0 Å². The van der Waals surface area contributed by atoms with Crippen molar-refractivity contribution in [1.82, 2.24) is 9.55 Å². The van der Waals surface area contributed by atoms with Crippen LogP contribution in [0, 0.1) is 0 Å². The minimum Gasteiger partial charge on any atom is -0.491 e. The summed E-state index contributed by atoms with van der Waals surface area (Å²) >= 11 is 3.39. The normalized spacial score (nSPS) is 12.5. The molecular weight excluding hydrogens is 356 g/mol. The molecule has 0 unspecified atom stereocenters. The van der Waals surface area contributed by atoms with Crippen molar-refractivity contribution in [1.29, 1.82) is 0 Å². The van der Waals surface area contributed by atoms with Gasteiger partial charge in [-0.3, -0.25) is 0 Å². The van der Waals surface area contributed by atoms with Crippen LogP contribution in [0.25, 0.3) is 11.0 Å². The van der Waals surface area contributed by atoms with Gasteiger partial charge in [0.25, 0.3) is 0 Å². The zero-order valence-electron chi connectivity index (χ0n) is 12.9. The molecule has 0 aliphatic rings. The van der Waals surface area contributed by atoms with Crippen molar-refractivity contribution in [3.05, 3.63) is 58.8 Å². The number of halogens is 1. The van der Waals surface area contributed by atoms with Crippen LogP contribution in [0.1, 0.15) is 12.7 Å². The zero-order chi connectivity index (χ0) is 16.2. The highest BCUT2D eigenvalue weighted by atomic mass is 79.9. The molecule has 120 valence electrons. The lowest BCUT2D eigenvalue weighted by molar-refractivity contribution is 0.0927. The van der Waals surface area contributed by atoms with Gasteiger partial charge in [-0.2, -0.15) is 0 Å². The highest BCUT2D eigenvalue weighted by Crippen LogP contribution is 2.18. The second kappa shape index (κ2) is 7.15. The van der Waals surface area contributed by atoms with E-state index in [1.165, 1.54) is 0 Å². The predicted octanol–water partition coefficient (Wildman–Crippen LogP) is 3.80. The maximum Gasteiger partial charge on any atom is 0.119 e. The standard InChI is InChI=1S/C18H19BrN2O2/c1-2-18-20-16-5-3-4-6-17(16)21(18)11-14(22)12-23-15-9-7-13(19)8-10-15/h3-10,14,22H,2,11-12H2,1H3/t14-/m1/s1. The van der Waals surface area contributed by atoms with E-state index in [9.17, 15) is 5.11 Å². The summed E-state index contributed by atoms with van der Waals surface area (Å²) in [6, 6.07) is 15.6. The van der Waals surface area contributed by atoms with Crippen LogP contribution in [0.15, 0.2) is 53.0 Å². The van der Waals surface area contributed by atoms with Crippen molar-refractivity contribution in [2.45, 2.75) is 26.0 Å². The van der Waals surface area contributed by atoms with Crippen LogP contribution >= 0.6 is 15.9 Å². The molecule has 1 heterocycles. The maximum absolute atomic E-state index is 10.3. The Morgan fingerprint density at radius 3 is 2.65 bits per heavy atom. The van der Waals surface area contributed by atoms with Crippen LogP contribution in [-0.4, -0.2) is 27.4 Å². The lowest BCUT2D eigenvalue weighted by Gasteiger charge is -2.15. The number of ether oxygens (including phenoxy) is 1. The number of nitrogens with zero attached hydrogens (tertiary/aromatic N) is 2. The third-order valence-electron chi connectivity index (χ3n) is 3.70. The number of aliphatic hydroxyl groups is 1. The first kappa shape index (κ1) is 16.0. The van der Waals surface area contributed by atoms with Crippen LogP contribution in [0.5, 0.6) is 5.75 Å². The van der Waals surface area contributed by atoms with E-state index in [0.717, 1.165) is 33.5 Å². The molecular formula is C18H19BrN2O2. The summed E-state index contributed by atoms with van der Waals surface area (Å²) < 4.78 is 8.73. The number of para-hydroxylation sites is 2. The van der Waals surface area contributed by atoms with Crippen LogP contribution in [0.3, 0.4) is 0 Å². The van der Waals surface area contributed by atoms with Crippen LogP contribution < -0.4 is 4.74 Å². The number of fused-ring (bicyclic) bond motifs is 1. The quantitative estimate of drug-likeness (QED) is 0.713. The second-order valence-corrected chi connectivity index (χ2v) is 6.32. The summed E-state index contributed by atoms with van der Waals surface area (Å²) in [4.78, 5) is 4.62. The SMILES string of the molecule is CCc1nc2ccccc2n1C[C@@H](O)COc1ccc(Br)cc1. The second-order valence-electron chi connectivity index (χ2n) is 5.40. The molecule has 0 amide bonds. The third-order valence-corrected chi connectivity index (χ3v) is 4.23. The molecule has 0 spiro atoms. The Morgan fingerprint density at radius 2 is 1.91 bits per heavy atom. The highest BCUT2D eigenvalue weighted by molar-refractivity contribution is 9.10. The maximum atomic E-state index is 10.3. The van der Waals surface area contributed by atoms with Crippen LogP contribution in [0.2, 0.25) is 0 Å². The molecule has 1 atom stereocenters. The van der Waals surface area contributed by atoms with E-state index in [2.05, 4.69) is 32.4 Å². The number of hydrogen-bond donors (Lipinski definition) is 1. The Labute approximate surface area is 143 Å². The number of rotatable bonds is 6. The minimum absolute atomic E-state index is 0.247. The molecule has 0 aliphatic heterocycles. The van der Waals surface area contributed by atoms with Gasteiger partial charge in [-0.25, -0.2) is 4.98 Å². The molecule has 0 radical (unpaired) electrons. The summed E-state index contributed by atoms with van der Waals surface area (Å²) in [5.74, 6) is 1.73. The van der Waals surface area contributed by atoms with Crippen LogP contribution in [0.4, 0.5) is 0 Å². The summed E-state index contributed by atoms with van der Waals surface area (Å²) in [5, 5.41) is 10.3. The number of aromatic nitrogens is 2. The molecule has 2 aromatic carbocycles. The summed E-state index contributed by atoms with van der Waals surface area (Å²) in [6.07, 6.45) is 0.233. The van der Waals surface area contributed by atoms with E-state index in [1.807, 2.05) is 48.5 Å². The first-order valence-electron chi connectivity index (χ1n) is 7.68. The van der Waals surface area contributed by atoms with Crippen LogP contribution in [-0.2, 0) is 13.0 Å². The van der Waals surface area contributed by atoms with E-state index >= 15 is 0 Å². The van der Waals surface area contributed by atoms with Crippen molar-refractivity contribution in [2.75, 3.05) is 6.61 Å². The highest BCUT2D eigenvalue weighted by Gasteiger charge is 2.13. The van der Waals surface area contributed by atoms with Gasteiger partial charge in [0.15, 0.2) is 0 Å². The van der Waals surface area contributed by atoms with E-state index in [-0.39, 0.29) is 6.61 Å². The first-order valence-corrected chi connectivity index (χ1v) is 8.47. The van der Waals surface area contributed by atoms with Gasteiger partial charge < -0.3 is 14.4 Å². The predicted molar refractivity (Wildman–Crippen MR) is 94.8 cm³/mol. The minimum atomic E-state index is -0.596.